The summed E-state index contributed by atoms with van der Waals surface area (Å²) in [6.45, 7) is 11.6. The van der Waals surface area contributed by atoms with Crippen LogP contribution in [-0.4, -0.2) is 43.8 Å². The number of nitrogens with zero attached hydrogens (tertiary/aromatic N) is 2. The van der Waals surface area contributed by atoms with Crippen molar-refractivity contribution in [2.75, 3.05) is 10.8 Å². The monoisotopic (exact) mass is 577 g/mol. The molecule has 0 radical (unpaired) electrons. The molecule has 0 bridgehead atoms. The molecular weight excluding hydrogens is 534 g/mol. The van der Waals surface area contributed by atoms with Gasteiger partial charge in [-0.3, -0.25) is 13.9 Å². The molecule has 7 nitrogen and oxygen atoms in total. The van der Waals surface area contributed by atoms with Gasteiger partial charge in [0, 0.05) is 12.6 Å². The van der Waals surface area contributed by atoms with Crippen LogP contribution in [0.1, 0.15) is 70.1 Å². The van der Waals surface area contributed by atoms with Gasteiger partial charge in [0.05, 0.1) is 10.6 Å². The minimum atomic E-state index is -4.09. The van der Waals surface area contributed by atoms with Gasteiger partial charge < -0.3 is 10.2 Å². The average Bonchev–Trinajstić information content (AvgIpc) is 2.97. The van der Waals surface area contributed by atoms with Gasteiger partial charge in [0.2, 0.25) is 11.8 Å². The van der Waals surface area contributed by atoms with E-state index in [4.69, 9.17) is 0 Å². The molecule has 2 amide bonds. The van der Waals surface area contributed by atoms with Crippen LogP contribution in [0.15, 0.2) is 83.8 Å². The largest absolute Gasteiger partial charge is 0.352 e. The Kier molecular flexibility index (Phi) is 11.1. The Balaban J connectivity index is 2.07. The third kappa shape index (κ3) is 7.97. The molecule has 0 saturated heterocycles. The molecule has 0 heterocycles. The first kappa shape index (κ1) is 31.9. The molecule has 0 saturated carbocycles. The van der Waals surface area contributed by atoms with Gasteiger partial charge >= 0.3 is 0 Å². The summed E-state index contributed by atoms with van der Waals surface area (Å²) in [5.41, 5.74) is 3.33. The first-order valence-corrected chi connectivity index (χ1v) is 15.8. The van der Waals surface area contributed by atoms with Crippen LogP contribution >= 0.6 is 0 Å². The van der Waals surface area contributed by atoms with E-state index in [2.05, 4.69) is 19.2 Å². The quantitative estimate of drug-likeness (QED) is 0.269. The van der Waals surface area contributed by atoms with E-state index in [1.165, 1.54) is 17.0 Å². The summed E-state index contributed by atoms with van der Waals surface area (Å²) in [6, 6.07) is 22.2. The molecule has 0 aliphatic heterocycles. The smallest absolute Gasteiger partial charge is 0.264 e. The van der Waals surface area contributed by atoms with Crippen LogP contribution in [0.2, 0.25) is 0 Å². The number of hydrogen-bond donors (Lipinski definition) is 1. The van der Waals surface area contributed by atoms with Crippen molar-refractivity contribution in [3.8, 4) is 0 Å². The van der Waals surface area contributed by atoms with E-state index >= 15 is 0 Å². The Hall–Kier alpha value is -3.65. The Bertz CT molecular complexity index is 1410. The van der Waals surface area contributed by atoms with Crippen molar-refractivity contribution in [2.24, 2.45) is 0 Å². The normalized spacial score (nSPS) is 13.0. The molecule has 220 valence electrons. The number of aryl methyl sites for hydroxylation is 1. The highest BCUT2D eigenvalue weighted by Crippen LogP contribution is 2.27. The van der Waals surface area contributed by atoms with Gasteiger partial charge in [-0.15, -0.1) is 0 Å². The van der Waals surface area contributed by atoms with Crippen molar-refractivity contribution < 1.29 is 18.0 Å². The number of sulfonamides is 1. The van der Waals surface area contributed by atoms with E-state index in [9.17, 15) is 18.0 Å². The lowest BCUT2D eigenvalue weighted by atomic mass is 10.0. The maximum absolute atomic E-state index is 14.2. The predicted octanol–water partition coefficient (Wildman–Crippen LogP) is 6.04. The first-order chi connectivity index (χ1) is 19.5. The van der Waals surface area contributed by atoms with E-state index in [0.29, 0.717) is 12.1 Å². The standard InChI is InChI=1S/C33H43N3O4S/c1-7-26(6)34-33(38)31(8-2)35(22-28-15-13-12-14-25(28)5)32(37)23-36(29-20-18-27(19-21-29)24(3)4)41(39,40)30-16-10-9-11-17-30/h9-21,24,26,31H,7-8,22-23H2,1-6H3,(H,34,38)/t26-,31+/m1/s1. The van der Waals surface area contributed by atoms with Crippen LogP contribution in [0.4, 0.5) is 5.69 Å². The second-order valence-corrected chi connectivity index (χ2v) is 12.6. The van der Waals surface area contributed by atoms with Gasteiger partial charge in [0.1, 0.15) is 12.6 Å². The molecule has 8 heteroatoms. The molecule has 0 aliphatic carbocycles. The molecular formula is C33H43N3O4S. The summed E-state index contributed by atoms with van der Waals surface area (Å²) >= 11 is 0. The molecule has 41 heavy (non-hydrogen) atoms. The Morgan fingerprint density at radius 3 is 2.00 bits per heavy atom. The summed E-state index contributed by atoms with van der Waals surface area (Å²) in [4.78, 5) is 29.2. The van der Waals surface area contributed by atoms with Crippen LogP contribution in [0.3, 0.4) is 0 Å². The van der Waals surface area contributed by atoms with Crippen LogP contribution in [0, 0.1) is 6.92 Å². The molecule has 0 fully saturated rings. The number of hydrogen-bond acceptors (Lipinski definition) is 4. The number of carbonyl (C=O) groups excluding carboxylic acids is 2. The zero-order valence-corrected chi connectivity index (χ0v) is 25.8. The summed E-state index contributed by atoms with van der Waals surface area (Å²) in [5.74, 6) is -0.432. The number of rotatable bonds is 13. The van der Waals surface area contributed by atoms with Gasteiger partial charge in [-0.2, -0.15) is 0 Å². The van der Waals surface area contributed by atoms with E-state index in [0.717, 1.165) is 27.4 Å². The van der Waals surface area contributed by atoms with Crippen molar-refractivity contribution in [1.29, 1.82) is 0 Å². The molecule has 0 unspecified atom stereocenters. The van der Waals surface area contributed by atoms with Crippen LogP contribution in [0.25, 0.3) is 0 Å². The van der Waals surface area contributed by atoms with Crippen molar-refractivity contribution >= 4 is 27.5 Å². The second-order valence-electron chi connectivity index (χ2n) is 10.8. The zero-order valence-electron chi connectivity index (χ0n) is 25.0. The van der Waals surface area contributed by atoms with Crippen molar-refractivity contribution in [2.45, 2.75) is 83.8 Å². The van der Waals surface area contributed by atoms with Gasteiger partial charge in [-0.05, 0) is 73.6 Å². The molecule has 0 aromatic heterocycles. The fourth-order valence-electron chi connectivity index (χ4n) is 4.61. The van der Waals surface area contributed by atoms with Crippen LogP contribution in [0.5, 0.6) is 0 Å². The van der Waals surface area contributed by atoms with Gasteiger partial charge in [0.25, 0.3) is 10.0 Å². The van der Waals surface area contributed by atoms with Crippen LogP contribution < -0.4 is 9.62 Å². The minimum absolute atomic E-state index is 0.0543. The van der Waals surface area contributed by atoms with Gasteiger partial charge in [-0.25, -0.2) is 8.42 Å². The molecule has 3 aromatic carbocycles. The molecule has 3 aromatic rings. The maximum Gasteiger partial charge on any atom is 0.264 e. The van der Waals surface area contributed by atoms with Crippen molar-refractivity contribution in [3.05, 3.63) is 95.6 Å². The maximum atomic E-state index is 14.2. The van der Waals surface area contributed by atoms with Gasteiger partial charge in [0.15, 0.2) is 0 Å². The van der Waals surface area contributed by atoms with E-state index < -0.39 is 28.5 Å². The summed E-state index contributed by atoms with van der Waals surface area (Å²) < 4.78 is 29.1. The summed E-state index contributed by atoms with van der Waals surface area (Å²) in [6.07, 6.45) is 1.14. The summed E-state index contributed by atoms with van der Waals surface area (Å²) in [5, 5.41) is 3.01. The average molecular weight is 578 g/mol. The second kappa shape index (κ2) is 14.3. The number of nitrogens with one attached hydrogen (secondary N) is 1. The first-order valence-electron chi connectivity index (χ1n) is 14.3. The molecule has 0 spiro atoms. The van der Waals surface area contributed by atoms with Crippen molar-refractivity contribution in [3.63, 3.8) is 0 Å². The molecule has 3 rings (SSSR count). The van der Waals surface area contributed by atoms with Crippen molar-refractivity contribution in [1.82, 2.24) is 10.2 Å². The van der Waals surface area contributed by atoms with E-state index in [-0.39, 0.29) is 29.3 Å². The Labute approximate surface area is 245 Å². The Morgan fingerprint density at radius 1 is 0.829 bits per heavy atom. The highest BCUT2D eigenvalue weighted by Gasteiger charge is 2.34. The summed E-state index contributed by atoms with van der Waals surface area (Å²) in [7, 11) is -4.09. The topological polar surface area (TPSA) is 86.8 Å². The number of amides is 2. The zero-order chi connectivity index (χ0) is 30.2. The fraction of sp³-hybridized carbons (Fsp3) is 0.394. The highest BCUT2D eigenvalue weighted by molar-refractivity contribution is 7.92. The lowest BCUT2D eigenvalue weighted by molar-refractivity contribution is -0.140. The predicted molar refractivity (Wildman–Crippen MR) is 165 cm³/mol. The fourth-order valence-corrected chi connectivity index (χ4v) is 6.04. The number of benzene rings is 3. The molecule has 2 atom stereocenters. The van der Waals surface area contributed by atoms with Gasteiger partial charge in [-0.1, -0.05) is 82.3 Å². The SMILES string of the molecule is CC[C@@H](C)NC(=O)[C@H](CC)N(Cc1ccccc1C)C(=O)CN(c1ccc(C(C)C)cc1)S(=O)(=O)c1ccccc1. The lowest BCUT2D eigenvalue weighted by Crippen LogP contribution is -2.53. The highest BCUT2D eigenvalue weighted by atomic mass is 32.2. The lowest BCUT2D eigenvalue weighted by Gasteiger charge is -2.34. The minimum Gasteiger partial charge on any atom is -0.352 e. The van der Waals surface area contributed by atoms with Crippen LogP contribution in [-0.2, 0) is 26.2 Å². The molecule has 1 N–H and O–H groups in total. The third-order valence-electron chi connectivity index (χ3n) is 7.45. The number of anilines is 1. The van der Waals surface area contributed by atoms with E-state index in [1.807, 2.05) is 64.1 Å². The van der Waals surface area contributed by atoms with E-state index in [1.54, 1.807) is 30.3 Å². The Morgan fingerprint density at radius 2 is 1.44 bits per heavy atom. The number of carbonyl (C=O) groups is 2. The third-order valence-corrected chi connectivity index (χ3v) is 9.23. The molecule has 0 aliphatic rings.